The zero-order chi connectivity index (χ0) is 17.4. The molecule has 0 amide bonds. The van der Waals surface area contributed by atoms with Gasteiger partial charge in [0.05, 0.1) is 16.8 Å². The van der Waals surface area contributed by atoms with Gasteiger partial charge in [0.15, 0.2) is 0 Å². The first-order valence-electron chi connectivity index (χ1n) is 8.03. The van der Waals surface area contributed by atoms with Gasteiger partial charge in [0.1, 0.15) is 17.3 Å². The van der Waals surface area contributed by atoms with E-state index in [1.807, 2.05) is 38.2 Å². The van der Waals surface area contributed by atoms with Crippen LogP contribution in [0.15, 0.2) is 53.3 Å². The molecule has 5 heteroatoms. The number of hydrogen-bond donors (Lipinski definition) is 0. The normalized spacial score (nSPS) is 10.9. The number of pyridine rings is 1. The molecule has 0 N–H and O–H groups in total. The van der Waals surface area contributed by atoms with Crippen molar-refractivity contribution in [2.45, 2.75) is 20.4 Å². The maximum absolute atomic E-state index is 9.43. The Hall–Kier alpha value is -3.39. The van der Waals surface area contributed by atoms with Crippen molar-refractivity contribution in [3.8, 4) is 17.2 Å². The Morgan fingerprint density at radius 1 is 1.20 bits per heavy atom. The van der Waals surface area contributed by atoms with Gasteiger partial charge in [0.25, 0.3) is 0 Å². The van der Waals surface area contributed by atoms with Gasteiger partial charge in [-0.15, -0.1) is 0 Å². The molecule has 0 atom stereocenters. The summed E-state index contributed by atoms with van der Waals surface area (Å²) in [5.74, 6) is 0.764. The number of aryl methyl sites for hydroxylation is 2. The van der Waals surface area contributed by atoms with E-state index < -0.39 is 0 Å². The van der Waals surface area contributed by atoms with Crippen molar-refractivity contribution in [1.82, 2.24) is 14.7 Å². The lowest BCUT2D eigenvalue weighted by Gasteiger charge is -2.07. The molecule has 4 rings (SSSR count). The van der Waals surface area contributed by atoms with Gasteiger partial charge in [0.2, 0.25) is 0 Å². The molecule has 0 unspecified atom stereocenters. The molecule has 0 radical (unpaired) electrons. The third kappa shape index (κ3) is 2.58. The summed E-state index contributed by atoms with van der Waals surface area (Å²) in [6.45, 7) is 4.49. The second-order valence-electron chi connectivity index (χ2n) is 6.06. The molecule has 0 aliphatic carbocycles. The Labute approximate surface area is 145 Å². The number of hydrogen-bond acceptors (Lipinski definition) is 4. The molecular weight excluding hydrogens is 312 g/mol. The van der Waals surface area contributed by atoms with E-state index in [0.29, 0.717) is 17.6 Å². The molecule has 3 heterocycles. The van der Waals surface area contributed by atoms with Crippen LogP contribution in [0.5, 0.6) is 0 Å². The van der Waals surface area contributed by atoms with Gasteiger partial charge in [-0.25, -0.2) is 0 Å². The Kier molecular flexibility index (Phi) is 3.58. The fourth-order valence-corrected chi connectivity index (χ4v) is 3.19. The predicted molar refractivity (Wildman–Crippen MR) is 95.0 cm³/mol. The van der Waals surface area contributed by atoms with E-state index in [9.17, 15) is 5.26 Å². The van der Waals surface area contributed by atoms with Gasteiger partial charge in [-0.1, -0.05) is 35.5 Å². The van der Waals surface area contributed by atoms with Crippen LogP contribution in [0.25, 0.3) is 22.2 Å². The lowest BCUT2D eigenvalue weighted by molar-refractivity contribution is 0.393. The van der Waals surface area contributed by atoms with Crippen LogP contribution in [0.4, 0.5) is 0 Å². The zero-order valence-electron chi connectivity index (χ0n) is 14.0. The standard InChI is InChI=1S/C20H16N4O/c1-13-19(14(2)25-23-13)16-8-18-20(22-10-16)17(9-21)12-24(18)11-15-6-4-3-5-7-15/h3-8,10,12H,11H2,1-2H3. The third-order valence-electron chi connectivity index (χ3n) is 4.36. The van der Waals surface area contributed by atoms with E-state index in [0.717, 1.165) is 28.1 Å². The summed E-state index contributed by atoms with van der Waals surface area (Å²) < 4.78 is 7.34. The molecule has 0 aliphatic rings. The summed E-state index contributed by atoms with van der Waals surface area (Å²) in [6.07, 6.45) is 3.64. The first-order chi connectivity index (χ1) is 12.2. The quantitative estimate of drug-likeness (QED) is 0.564. The smallest absolute Gasteiger partial charge is 0.141 e. The van der Waals surface area contributed by atoms with Crippen molar-refractivity contribution in [1.29, 1.82) is 5.26 Å². The minimum atomic E-state index is 0.580. The summed E-state index contributed by atoms with van der Waals surface area (Å²) in [4.78, 5) is 4.54. The van der Waals surface area contributed by atoms with Crippen molar-refractivity contribution < 1.29 is 4.52 Å². The SMILES string of the molecule is Cc1noc(C)c1-c1cnc2c(C#N)cn(Cc3ccccc3)c2c1. The highest BCUT2D eigenvalue weighted by Gasteiger charge is 2.16. The van der Waals surface area contributed by atoms with Gasteiger partial charge in [0, 0.05) is 30.1 Å². The maximum Gasteiger partial charge on any atom is 0.141 e. The van der Waals surface area contributed by atoms with Gasteiger partial charge in [-0.3, -0.25) is 4.98 Å². The summed E-state index contributed by atoms with van der Waals surface area (Å²) in [7, 11) is 0. The summed E-state index contributed by atoms with van der Waals surface area (Å²) in [5.41, 5.74) is 6.14. The molecule has 0 spiro atoms. The number of fused-ring (bicyclic) bond motifs is 1. The molecule has 0 saturated heterocycles. The highest BCUT2D eigenvalue weighted by molar-refractivity contribution is 5.86. The topological polar surface area (TPSA) is 67.6 Å². The number of rotatable bonds is 3. The van der Waals surface area contributed by atoms with Crippen molar-refractivity contribution in [2.75, 3.05) is 0 Å². The second-order valence-corrected chi connectivity index (χ2v) is 6.06. The number of nitriles is 1. The van der Waals surface area contributed by atoms with Crippen LogP contribution < -0.4 is 0 Å². The van der Waals surface area contributed by atoms with E-state index in [1.165, 1.54) is 5.56 Å². The molecule has 0 aliphatic heterocycles. The highest BCUT2D eigenvalue weighted by atomic mass is 16.5. The monoisotopic (exact) mass is 328 g/mol. The molecule has 25 heavy (non-hydrogen) atoms. The second kappa shape index (κ2) is 5.91. The summed E-state index contributed by atoms with van der Waals surface area (Å²) >= 11 is 0. The number of aromatic nitrogens is 3. The molecule has 122 valence electrons. The Morgan fingerprint density at radius 2 is 2.00 bits per heavy atom. The predicted octanol–water partition coefficient (Wildman–Crippen LogP) is 4.23. The van der Waals surface area contributed by atoms with E-state index in [2.05, 4.69) is 39.0 Å². The van der Waals surface area contributed by atoms with Crippen molar-refractivity contribution in [3.05, 3.63) is 71.4 Å². The maximum atomic E-state index is 9.43. The van der Waals surface area contributed by atoms with E-state index in [4.69, 9.17) is 4.52 Å². The Balaban J connectivity index is 1.88. The van der Waals surface area contributed by atoms with Gasteiger partial charge >= 0.3 is 0 Å². The average Bonchev–Trinajstić information content (AvgIpc) is 3.15. The van der Waals surface area contributed by atoms with Crippen LogP contribution >= 0.6 is 0 Å². The molecule has 1 aromatic carbocycles. The molecule has 4 aromatic rings. The number of benzene rings is 1. The van der Waals surface area contributed by atoms with E-state index in [-0.39, 0.29) is 0 Å². The molecule has 0 fully saturated rings. The van der Waals surface area contributed by atoms with Crippen LogP contribution in [-0.4, -0.2) is 14.7 Å². The van der Waals surface area contributed by atoms with Crippen molar-refractivity contribution in [2.24, 2.45) is 0 Å². The fraction of sp³-hybridized carbons (Fsp3) is 0.150. The van der Waals surface area contributed by atoms with Crippen molar-refractivity contribution >= 4 is 11.0 Å². The largest absolute Gasteiger partial charge is 0.361 e. The van der Waals surface area contributed by atoms with Crippen LogP contribution in [0.3, 0.4) is 0 Å². The molecule has 3 aromatic heterocycles. The van der Waals surface area contributed by atoms with Gasteiger partial charge < -0.3 is 9.09 Å². The van der Waals surface area contributed by atoms with Crippen LogP contribution in [0.2, 0.25) is 0 Å². The number of nitrogens with zero attached hydrogens (tertiary/aromatic N) is 4. The Morgan fingerprint density at radius 3 is 2.68 bits per heavy atom. The first kappa shape index (κ1) is 15.2. The minimum absolute atomic E-state index is 0.580. The highest BCUT2D eigenvalue weighted by Crippen LogP contribution is 2.30. The van der Waals surface area contributed by atoms with Crippen LogP contribution in [0.1, 0.15) is 22.6 Å². The van der Waals surface area contributed by atoms with E-state index in [1.54, 1.807) is 6.20 Å². The molecule has 5 nitrogen and oxygen atoms in total. The minimum Gasteiger partial charge on any atom is -0.361 e. The first-order valence-corrected chi connectivity index (χ1v) is 8.03. The molecule has 0 bridgehead atoms. The molecular formula is C20H16N4O. The average molecular weight is 328 g/mol. The van der Waals surface area contributed by atoms with Crippen LogP contribution in [-0.2, 0) is 6.54 Å². The Bertz CT molecular complexity index is 1080. The zero-order valence-corrected chi connectivity index (χ0v) is 14.0. The lowest BCUT2D eigenvalue weighted by Crippen LogP contribution is -1.98. The van der Waals surface area contributed by atoms with Crippen molar-refractivity contribution in [3.63, 3.8) is 0 Å². The van der Waals surface area contributed by atoms with E-state index >= 15 is 0 Å². The fourth-order valence-electron chi connectivity index (χ4n) is 3.19. The van der Waals surface area contributed by atoms with Gasteiger partial charge in [-0.2, -0.15) is 5.26 Å². The lowest BCUT2D eigenvalue weighted by atomic mass is 10.1. The van der Waals surface area contributed by atoms with Crippen LogP contribution in [0, 0.1) is 25.2 Å². The summed E-state index contributed by atoms with van der Waals surface area (Å²) in [6, 6.07) is 14.5. The summed E-state index contributed by atoms with van der Waals surface area (Å²) in [5, 5.41) is 13.5. The van der Waals surface area contributed by atoms with Gasteiger partial charge in [-0.05, 0) is 25.5 Å². The third-order valence-corrected chi connectivity index (χ3v) is 4.36. The molecule has 0 saturated carbocycles.